The summed E-state index contributed by atoms with van der Waals surface area (Å²) in [6.07, 6.45) is -4.23. The highest BCUT2D eigenvalue weighted by atomic mass is 35.5. The normalized spacial score (nSPS) is 11.4. The van der Waals surface area contributed by atoms with Crippen molar-refractivity contribution in [2.24, 2.45) is 0 Å². The van der Waals surface area contributed by atoms with Crippen molar-refractivity contribution in [1.29, 1.82) is 0 Å². The fraction of sp³-hybridized carbons (Fsp3) is 0.0909. The van der Waals surface area contributed by atoms with Gasteiger partial charge in [-0.25, -0.2) is 14.4 Å². The lowest BCUT2D eigenvalue weighted by Crippen LogP contribution is -2.34. The third-order valence-corrected chi connectivity index (χ3v) is 2.94. The van der Waals surface area contributed by atoms with E-state index >= 15 is 0 Å². The summed E-state index contributed by atoms with van der Waals surface area (Å²) in [6, 6.07) is 3.61. The number of anilines is 2. The van der Waals surface area contributed by atoms with Crippen LogP contribution in [0.4, 0.5) is 29.1 Å². The summed E-state index contributed by atoms with van der Waals surface area (Å²) in [5.41, 5.74) is -0.510. The first kappa shape index (κ1) is 16.5. The Morgan fingerprint density at radius 2 is 1.91 bits per heavy atom. The Balaban J connectivity index is 2.50. The number of benzene rings is 1. The van der Waals surface area contributed by atoms with Gasteiger partial charge in [-0.1, -0.05) is 17.7 Å². The minimum atomic E-state index is -4.83. The number of alkyl halides is 3. The van der Waals surface area contributed by atoms with E-state index in [0.29, 0.717) is 6.20 Å². The Morgan fingerprint density at radius 3 is 2.50 bits per heavy atom. The summed E-state index contributed by atoms with van der Waals surface area (Å²) in [6.45, 7) is 0. The van der Waals surface area contributed by atoms with Crippen molar-refractivity contribution >= 4 is 35.7 Å². The van der Waals surface area contributed by atoms with Gasteiger partial charge in [-0.05, 0) is 12.1 Å². The Labute approximate surface area is 126 Å². The van der Waals surface area contributed by atoms with Crippen LogP contribution in [0.1, 0.15) is 5.82 Å². The molecule has 3 N–H and O–H groups in total. The summed E-state index contributed by atoms with van der Waals surface area (Å²) in [4.78, 5) is 6.19. The molecule has 0 spiro atoms. The zero-order chi connectivity index (χ0) is 16.5. The number of hydrogen-bond acceptors (Lipinski definition) is 5. The minimum absolute atomic E-state index is 0.0876. The predicted octanol–water partition coefficient (Wildman–Crippen LogP) is 1.71. The number of nitrogens with zero attached hydrogens (tertiary/aromatic N) is 2. The maximum atomic E-state index is 13.3. The summed E-state index contributed by atoms with van der Waals surface area (Å²) in [7, 11) is -2.13. The lowest BCUT2D eigenvalue weighted by atomic mass is 9.81. The standard InChI is InChI=1S/C11H7BClF4N3O2/c13-8-6(14)2-1-3-7(8)19-9-5(12(21)22)4-18-10(20-9)11(15,16)17/h1-4,21-22H,(H,18,19,20). The molecule has 11 heteroatoms. The molecule has 116 valence electrons. The van der Waals surface area contributed by atoms with Crippen LogP contribution in [0, 0.1) is 5.82 Å². The van der Waals surface area contributed by atoms with Crippen molar-refractivity contribution < 1.29 is 27.6 Å². The fourth-order valence-corrected chi connectivity index (χ4v) is 1.72. The maximum Gasteiger partial charge on any atom is 0.493 e. The highest BCUT2D eigenvalue weighted by Crippen LogP contribution is 2.29. The van der Waals surface area contributed by atoms with Crippen LogP contribution in [0.3, 0.4) is 0 Å². The molecule has 0 amide bonds. The molecule has 0 saturated heterocycles. The Morgan fingerprint density at radius 1 is 1.23 bits per heavy atom. The molecule has 0 unspecified atom stereocenters. The molecule has 0 radical (unpaired) electrons. The van der Waals surface area contributed by atoms with Gasteiger partial charge in [0.25, 0.3) is 0 Å². The third kappa shape index (κ3) is 3.46. The van der Waals surface area contributed by atoms with Crippen LogP contribution in [-0.2, 0) is 6.18 Å². The van der Waals surface area contributed by atoms with E-state index in [4.69, 9.17) is 21.6 Å². The molecule has 1 heterocycles. The van der Waals surface area contributed by atoms with E-state index in [2.05, 4.69) is 15.3 Å². The van der Waals surface area contributed by atoms with Crippen molar-refractivity contribution in [3.8, 4) is 0 Å². The van der Waals surface area contributed by atoms with E-state index in [1.807, 2.05) is 0 Å². The first-order valence-corrected chi connectivity index (χ1v) is 6.09. The first-order valence-electron chi connectivity index (χ1n) is 5.71. The molecule has 1 aromatic carbocycles. The van der Waals surface area contributed by atoms with Crippen molar-refractivity contribution in [3.05, 3.63) is 41.1 Å². The van der Waals surface area contributed by atoms with Crippen molar-refractivity contribution in [2.75, 3.05) is 5.32 Å². The quantitative estimate of drug-likeness (QED) is 0.588. The predicted molar refractivity (Wildman–Crippen MR) is 71.6 cm³/mol. The van der Waals surface area contributed by atoms with Crippen LogP contribution in [0.15, 0.2) is 24.4 Å². The van der Waals surface area contributed by atoms with Gasteiger partial charge >= 0.3 is 13.3 Å². The highest BCUT2D eigenvalue weighted by molar-refractivity contribution is 6.60. The monoisotopic (exact) mass is 335 g/mol. The first-order chi connectivity index (χ1) is 10.2. The summed E-state index contributed by atoms with van der Waals surface area (Å²) in [5, 5.41) is 20.2. The second-order valence-corrected chi connectivity index (χ2v) is 4.47. The van der Waals surface area contributed by atoms with E-state index in [1.54, 1.807) is 0 Å². The smallest absolute Gasteiger partial charge is 0.423 e. The van der Waals surface area contributed by atoms with E-state index in [9.17, 15) is 17.6 Å². The van der Waals surface area contributed by atoms with Gasteiger partial charge in [-0.3, -0.25) is 0 Å². The zero-order valence-electron chi connectivity index (χ0n) is 10.6. The number of nitrogens with one attached hydrogen (secondary N) is 1. The third-order valence-electron chi connectivity index (χ3n) is 2.55. The largest absolute Gasteiger partial charge is 0.493 e. The van der Waals surface area contributed by atoms with Gasteiger partial charge in [0, 0.05) is 11.7 Å². The molecule has 0 fully saturated rings. The second kappa shape index (κ2) is 6.07. The zero-order valence-corrected chi connectivity index (χ0v) is 11.3. The number of aromatic nitrogens is 2. The molecule has 22 heavy (non-hydrogen) atoms. The number of halogens is 5. The van der Waals surface area contributed by atoms with Crippen LogP contribution in [-0.4, -0.2) is 27.1 Å². The SMILES string of the molecule is OB(O)c1cnc(C(F)(F)F)nc1Nc1cccc(F)c1Cl. The molecular formula is C11H7BClF4N3O2. The topological polar surface area (TPSA) is 78.3 Å². The summed E-state index contributed by atoms with van der Waals surface area (Å²) in [5.74, 6) is -2.85. The Hall–Kier alpha value is -1.91. The van der Waals surface area contributed by atoms with Crippen molar-refractivity contribution in [1.82, 2.24) is 9.97 Å². The number of hydrogen-bond donors (Lipinski definition) is 3. The molecule has 2 aromatic rings. The van der Waals surface area contributed by atoms with Gasteiger partial charge < -0.3 is 15.4 Å². The molecule has 0 aliphatic carbocycles. The van der Waals surface area contributed by atoms with Gasteiger partial charge in [-0.2, -0.15) is 13.2 Å². The van der Waals surface area contributed by atoms with Crippen LogP contribution in [0.5, 0.6) is 0 Å². The highest BCUT2D eigenvalue weighted by Gasteiger charge is 2.36. The van der Waals surface area contributed by atoms with Crippen LogP contribution < -0.4 is 10.8 Å². The molecule has 2 rings (SSSR count). The van der Waals surface area contributed by atoms with Crippen LogP contribution >= 0.6 is 11.6 Å². The Bertz CT molecular complexity index is 700. The molecule has 0 atom stereocenters. The minimum Gasteiger partial charge on any atom is -0.423 e. The molecular weight excluding hydrogens is 328 g/mol. The van der Waals surface area contributed by atoms with Crippen molar-refractivity contribution in [3.63, 3.8) is 0 Å². The van der Waals surface area contributed by atoms with Crippen molar-refractivity contribution in [2.45, 2.75) is 6.18 Å². The van der Waals surface area contributed by atoms with E-state index in [-0.39, 0.29) is 10.7 Å². The van der Waals surface area contributed by atoms with E-state index in [0.717, 1.165) is 6.07 Å². The molecule has 1 aromatic heterocycles. The Kier molecular flexibility index (Phi) is 4.54. The van der Waals surface area contributed by atoms with Crippen LogP contribution in [0.2, 0.25) is 5.02 Å². The number of rotatable bonds is 3. The second-order valence-electron chi connectivity index (χ2n) is 4.10. The molecule has 0 saturated carbocycles. The van der Waals surface area contributed by atoms with E-state index < -0.39 is 36.2 Å². The summed E-state index contributed by atoms with van der Waals surface area (Å²) >= 11 is 5.68. The van der Waals surface area contributed by atoms with Crippen LogP contribution in [0.25, 0.3) is 0 Å². The van der Waals surface area contributed by atoms with E-state index in [1.165, 1.54) is 12.1 Å². The van der Waals surface area contributed by atoms with Gasteiger partial charge in [0.05, 0.1) is 10.7 Å². The lowest BCUT2D eigenvalue weighted by molar-refractivity contribution is -0.144. The molecule has 0 bridgehead atoms. The van der Waals surface area contributed by atoms with Gasteiger partial charge in [0.15, 0.2) is 0 Å². The average molecular weight is 335 g/mol. The fourth-order valence-electron chi connectivity index (χ4n) is 1.54. The maximum absolute atomic E-state index is 13.3. The average Bonchev–Trinajstić information content (AvgIpc) is 2.42. The molecule has 0 aliphatic heterocycles. The molecule has 0 aliphatic rings. The molecule has 5 nitrogen and oxygen atoms in total. The van der Waals surface area contributed by atoms with Gasteiger partial charge in [0.1, 0.15) is 11.6 Å². The lowest BCUT2D eigenvalue weighted by Gasteiger charge is -2.14. The summed E-state index contributed by atoms with van der Waals surface area (Å²) < 4.78 is 51.2. The van der Waals surface area contributed by atoms with Gasteiger partial charge in [-0.15, -0.1) is 0 Å². The van der Waals surface area contributed by atoms with Gasteiger partial charge in [0.2, 0.25) is 5.82 Å².